The second kappa shape index (κ2) is 8.06. The van der Waals surface area contributed by atoms with Gasteiger partial charge in [0, 0.05) is 39.0 Å². The Morgan fingerprint density at radius 1 is 1.15 bits per heavy atom. The number of rotatable bonds is 5. The van der Waals surface area contributed by atoms with E-state index in [0.717, 1.165) is 29.8 Å². The van der Waals surface area contributed by atoms with Crippen LogP contribution in [0.1, 0.15) is 39.2 Å². The Morgan fingerprint density at radius 3 is 2.81 bits per heavy atom. The minimum atomic E-state index is 0.0140. The Balaban J connectivity index is 1.38. The van der Waals surface area contributed by atoms with Gasteiger partial charge in [-0.25, -0.2) is 0 Å². The number of amides is 1. The molecule has 0 saturated heterocycles. The van der Waals surface area contributed by atoms with Crippen LogP contribution in [0, 0.1) is 0 Å². The number of nitrogens with zero attached hydrogens (tertiary/aromatic N) is 1. The number of carbonyl (C=O) groups excluding carboxylic acids is 1. The third-order valence-electron chi connectivity index (χ3n) is 4.55. The van der Waals surface area contributed by atoms with Gasteiger partial charge in [0.2, 0.25) is 0 Å². The molecule has 0 fully saturated rings. The highest BCUT2D eigenvalue weighted by Crippen LogP contribution is 2.31. The first-order valence-electron chi connectivity index (χ1n) is 8.82. The lowest BCUT2D eigenvalue weighted by molar-refractivity contribution is 0.102. The summed E-state index contributed by atoms with van der Waals surface area (Å²) in [5.41, 5.74) is 4.18. The Labute approximate surface area is 161 Å². The molecule has 1 amide bonds. The molecular weight excluding hydrogens is 360 g/mol. The summed E-state index contributed by atoms with van der Waals surface area (Å²) in [6.07, 6.45) is 8.26. The Hall–Kier alpha value is -2.11. The fourth-order valence-corrected chi connectivity index (χ4v) is 5.13. The van der Waals surface area contributed by atoms with E-state index >= 15 is 0 Å². The van der Waals surface area contributed by atoms with Gasteiger partial charge in [-0.05, 0) is 67.1 Å². The van der Waals surface area contributed by atoms with Crippen molar-refractivity contribution < 1.29 is 4.79 Å². The molecule has 2 heterocycles. The van der Waals surface area contributed by atoms with Crippen molar-refractivity contribution in [3.63, 3.8) is 0 Å². The van der Waals surface area contributed by atoms with Crippen LogP contribution in [0.3, 0.4) is 0 Å². The second-order valence-electron chi connectivity index (χ2n) is 6.39. The molecule has 1 aromatic carbocycles. The molecule has 1 N–H and O–H groups in total. The number of thioether (sulfide) groups is 1. The van der Waals surface area contributed by atoms with E-state index in [2.05, 4.69) is 28.5 Å². The molecule has 26 heavy (non-hydrogen) atoms. The quantitative estimate of drug-likeness (QED) is 0.589. The monoisotopic (exact) mass is 380 g/mol. The zero-order valence-electron chi connectivity index (χ0n) is 14.4. The SMILES string of the molecule is O=C(Nc1ccc(SCc2cccnc2)cc1)c1csc2c1CCCC2. The lowest BCUT2D eigenvalue weighted by atomic mass is 9.95. The van der Waals surface area contributed by atoms with E-state index < -0.39 is 0 Å². The molecule has 1 aliphatic carbocycles. The van der Waals surface area contributed by atoms with E-state index in [0.29, 0.717) is 0 Å². The summed E-state index contributed by atoms with van der Waals surface area (Å²) in [4.78, 5) is 19.3. The van der Waals surface area contributed by atoms with Crippen LogP contribution in [-0.2, 0) is 18.6 Å². The maximum Gasteiger partial charge on any atom is 0.256 e. The maximum absolute atomic E-state index is 12.6. The van der Waals surface area contributed by atoms with Crippen LogP contribution in [0.15, 0.2) is 59.1 Å². The van der Waals surface area contributed by atoms with Gasteiger partial charge in [-0.15, -0.1) is 23.1 Å². The Kier molecular flexibility index (Phi) is 5.37. The number of anilines is 1. The van der Waals surface area contributed by atoms with Gasteiger partial charge < -0.3 is 5.32 Å². The van der Waals surface area contributed by atoms with E-state index in [1.165, 1.54) is 33.7 Å². The zero-order chi connectivity index (χ0) is 17.8. The van der Waals surface area contributed by atoms with Crippen molar-refractivity contribution in [2.75, 3.05) is 5.32 Å². The molecule has 0 saturated carbocycles. The predicted octanol–water partition coefficient (Wildman–Crippen LogP) is 5.57. The van der Waals surface area contributed by atoms with Crippen molar-refractivity contribution in [2.24, 2.45) is 0 Å². The van der Waals surface area contributed by atoms with Gasteiger partial charge >= 0.3 is 0 Å². The average Bonchev–Trinajstić information content (AvgIpc) is 3.12. The van der Waals surface area contributed by atoms with Gasteiger partial charge in [-0.3, -0.25) is 9.78 Å². The highest BCUT2D eigenvalue weighted by atomic mass is 32.2. The van der Waals surface area contributed by atoms with Crippen molar-refractivity contribution in [2.45, 2.75) is 36.3 Å². The molecule has 0 unspecified atom stereocenters. The summed E-state index contributed by atoms with van der Waals surface area (Å²) in [5, 5.41) is 5.06. The number of fused-ring (bicyclic) bond motifs is 1. The Morgan fingerprint density at radius 2 is 2.00 bits per heavy atom. The van der Waals surface area contributed by atoms with Crippen molar-refractivity contribution >= 4 is 34.7 Å². The molecule has 5 heteroatoms. The first kappa shape index (κ1) is 17.3. The van der Waals surface area contributed by atoms with Crippen molar-refractivity contribution in [1.29, 1.82) is 0 Å². The van der Waals surface area contributed by atoms with Gasteiger partial charge in [0.1, 0.15) is 0 Å². The summed E-state index contributed by atoms with van der Waals surface area (Å²) < 4.78 is 0. The molecule has 1 aliphatic rings. The molecule has 0 bridgehead atoms. The van der Waals surface area contributed by atoms with E-state index in [-0.39, 0.29) is 5.91 Å². The van der Waals surface area contributed by atoms with E-state index in [1.807, 2.05) is 29.8 Å². The molecule has 0 atom stereocenters. The van der Waals surface area contributed by atoms with Gasteiger partial charge in [-0.1, -0.05) is 6.07 Å². The molecule has 2 aromatic heterocycles. The summed E-state index contributed by atoms with van der Waals surface area (Å²) in [6, 6.07) is 12.1. The number of pyridine rings is 1. The van der Waals surface area contributed by atoms with Crippen LogP contribution in [0.4, 0.5) is 5.69 Å². The molecule has 4 rings (SSSR count). The van der Waals surface area contributed by atoms with Crippen LogP contribution in [0.25, 0.3) is 0 Å². The van der Waals surface area contributed by atoms with E-state index in [1.54, 1.807) is 29.3 Å². The minimum absolute atomic E-state index is 0.0140. The normalized spacial score (nSPS) is 13.2. The number of benzene rings is 1. The fourth-order valence-electron chi connectivity index (χ4n) is 3.17. The van der Waals surface area contributed by atoms with Crippen molar-refractivity contribution in [3.8, 4) is 0 Å². The molecular formula is C21H20N2OS2. The van der Waals surface area contributed by atoms with Gasteiger partial charge in [0.25, 0.3) is 5.91 Å². The lowest BCUT2D eigenvalue weighted by Gasteiger charge is -2.13. The highest BCUT2D eigenvalue weighted by Gasteiger charge is 2.20. The number of carbonyl (C=O) groups is 1. The molecule has 0 aliphatic heterocycles. The van der Waals surface area contributed by atoms with Gasteiger partial charge in [0.15, 0.2) is 0 Å². The fraction of sp³-hybridized carbons (Fsp3) is 0.238. The Bertz CT molecular complexity index is 888. The number of aryl methyl sites for hydroxylation is 1. The summed E-state index contributed by atoms with van der Waals surface area (Å²) in [6.45, 7) is 0. The molecule has 132 valence electrons. The third-order valence-corrected chi connectivity index (χ3v) is 6.72. The van der Waals surface area contributed by atoms with E-state index in [9.17, 15) is 4.79 Å². The standard InChI is InChI=1S/C21H20N2OS2/c24-21(19-14-26-20-6-2-1-5-18(19)20)23-16-7-9-17(10-8-16)25-13-15-4-3-11-22-12-15/h3-4,7-12,14H,1-2,5-6,13H2,(H,23,24). The minimum Gasteiger partial charge on any atom is -0.322 e. The average molecular weight is 381 g/mol. The molecule has 3 nitrogen and oxygen atoms in total. The van der Waals surface area contributed by atoms with Gasteiger partial charge in [0.05, 0.1) is 5.56 Å². The number of thiophene rings is 1. The second-order valence-corrected chi connectivity index (χ2v) is 8.40. The molecule has 0 spiro atoms. The summed E-state index contributed by atoms with van der Waals surface area (Å²) >= 11 is 3.49. The summed E-state index contributed by atoms with van der Waals surface area (Å²) in [5.74, 6) is 0.904. The predicted molar refractivity (Wildman–Crippen MR) is 109 cm³/mol. The molecule has 0 radical (unpaired) electrons. The number of hydrogen-bond donors (Lipinski definition) is 1. The number of nitrogens with one attached hydrogen (secondary N) is 1. The maximum atomic E-state index is 12.6. The van der Waals surface area contributed by atoms with Crippen LogP contribution < -0.4 is 5.32 Å². The first-order valence-corrected chi connectivity index (χ1v) is 10.7. The number of aromatic nitrogens is 1. The van der Waals surface area contributed by atoms with Crippen molar-refractivity contribution in [1.82, 2.24) is 4.98 Å². The van der Waals surface area contributed by atoms with E-state index in [4.69, 9.17) is 0 Å². The van der Waals surface area contributed by atoms with Crippen LogP contribution in [-0.4, -0.2) is 10.9 Å². The zero-order valence-corrected chi connectivity index (χ0v) is 16.0. The van der Waals surface area contributed by atoms with Gasteiger partial charge in [-0.2, -0.15) is 0 Å². The summed E-state index contributed by atoms with van der Waals surface area (Å²) in [7, 11) is 0. The largest absolute Gasteiger partial charge is 0.322 e. The smallest absolute Gasteiger partial charge is 0.256 e. The van der Waals surface area contributed by atoms with Crippen LogP contribution >= 0.6 is 23.1 Å². The first-order chi connectivity index (χ1) is 12.8. The van der Waals surface area contributed by atoms with Crippen LogP contribution in [0.2, 0.25) is 0 Å². The topological polar surface area (TPSA) is 42.0 Å². The third kappa shape index (κ3) is 4.00. The lowest BCUT2D eigenvalue weighted by Crippen LogP contribution is -2.14. The van der Waals surface area contributed by atoms with Crippen molar-refractivity contribution in [3.05, 3.63) is 75.7 Å². The van der Waals surface area contributed by atoms with Crippen LogP contribution in [0.5, 0.6) is 0 Å². The number of hydrogen-bond acceptors (Lipinski definition) is 4. The highest BCUT2D eigenvalue weighted by molar-refractivity contribution is 7.98. The molecule has 3 aromatic rings.